The number of aromatic nitrogens is 4. The van der Waals surface area contributed by atoms with Crippen LogP contribution in [0.5, 0.6) is 0 Å². The molecule has 3 aromatic heterocycles. The Labute approximate surface area is 132 Å². The molecule has 23 heavy (non-hydrogen) atoms. The van der Waals surface area contributed by atoms with Crippen LogP contribution in [0.1, 0.15) is 5.56 Å². The van der Waals surface area contributed by atoms with E-state index in [1.54, 1.807) is 16.8 Å². The first-order valence-electron chi connectivity index (χ1n) is 7.37. The lowest BCUT2D eigenvalue weighted by molar-refractivity contribution is 0.626. The van der Waals surface area contributed by atoms with Crippen LogP contribution in [0, 0.1) is 5.82 Å². The van der Waals surface area contributed by atoms with E-state index in [9.17, 15) is 4.39 Å². The highest BCUT2D eigenvalue weighted by molar-refractivity contribution is 5.81. The third-order valence-electron chi connectivity index (χ3n) is 3.92. The Hall–Kier alpha value is -2.95. The van der Waals surface area contributed by atoms with Gasteiger partial charge in [0.1, 0.15) is 5.82 Å². The first kappa shape index (κ1) is 13.7. The molecule has 0 fully saturated rings. The van der Waals surface area contributed by atoms with Crippen molar-refractivity contribution in [2.75, 3.05) is 0 Å². The van der Waals surface area contributed by atoms with Gasteiger partial charge in [-0.25, -0.2) is 4.39 Å². The van der Waals surface area contributed by atoms with Crippen molar-refractivity contribution in [3.63, 3.8) is 0 Å². The predicted molar refractivity (Wildman–Crippen MR) is 87.4 cm³/mol. The van der Waals surface area contributed by atoms with E-state index in [-0.39, 0.29) is 5.82 Å². The maximum atomic E-state index is 13.0. The lowest BCUT2D eigenvalue weighted by atomic mass is 10.1. The highest BCUT2D eigenvalue weighted by atomic mass is 19.1. The van der Waals surface area contributed by atoms with Crippen molar-refractivity contribution in [1.29, 1.82) is 0 Å². The van der Waals surface area contributed by atoms with Gasteiger partial charge >= 0.3 is 0 Å². The molecule has 0 unspecified atom stereocenters. The summed E-state index contributed by atoms with van der Waals surface area (Å²) in [6.07, 6.45) is 7.67. The first-order chi connectivity index (χ1) is 11.2. The van der Waals surface area contributed by atoms with Gasteiger partial charge in [-0.1, -0.05) is 12.1 Å². The molecule has 0 aliphatic heterocycles. The number of benzene rings is 1. The van der Waals surface area contributed by atoms with Gasteiger partial charge in [-0.3, -0.25) is 9.67 Å². The van der Waals surface area contributed by atoms with Crippen LogP contribution in [0.25, 0.3) is 22.2 Å². The fourth-order valence-corrected chi connectivity index (χ4v) is 2.72. The topological polar surface area (TPSA) is 35.6 Å². The van der Waals surface area contributed by atoms with E-state index >= 15 is 0 Å². The monoisotopic (exact) mass is 306 g/mol. The van der Waals surface area contributed by atoms with E-state index < -0.39 is 0 Å². The normalized spacial score (nSPS) is 11.2. The second-order valence-corrected chi connectivity index (χ2v) is 5.60. The van der Waals surface area contributed by atoms with Gasteiger partial charge in [0.05, 0.1) is 17.2 Å². The lowest BCUT2D eigenvalue weighted by Gasteiger charge is -2.06. The average molecular weight is 306 g/mol. The Bertz CT molecular complexity index is 966. The highest BCUT2D eigenvalue weighted by Crippen LogP contribution is 2.23. The molecule has 0 aliphatic carbocycles. The largest absolute Gasteiger partial charge is 0.342 e. The molecule has 114 valence electrons. The van der Waals surface area contributed by atoms with E-state index in [2.05, 4.69) is 20.7 Å². The van der Waals surface area contributed by atoms with Crippen molar-refractivity contribution >= 4 is 11.0 Å². The Morgan fingerprint density at radius 2 is 1.87 bits per heavy atom. The zero-order valence-corrected chi connectivity index (χ0v) is 12.6. The fourth-order valence-electron chi connectivity index (χ4n) is 2.72. The van der Waals surface area contributed by atoms with Gasteiger partial charge in [-0.2, -0.15) is 5.10 Å². The van der Waals surface area contributed by atoms with Gasteiger partial charge in [0.15, 0.2) is 0 Å². The maximum Gasteiger partial charge on any atom is 0.123 e. The molecular weight excluding hydrogens is 291 g/mol. The summed E-state index contributed by atoms with van der Waals surface area (Å²) in [6, 6.07) is 10.7. The molecule has 3 heterocycles. The standard InChI is InChI=1S/C18H15FN4/c1-22-12-15(10-21-22)14-8-18-17(20-9-14)6-7-23(18)11-13-2-4-16(19)5-3-13/h2-10,12H,11H2,1H3. The molecule has 0 amide bonds. The number of hydrogen-bond acceptors (Lipinski definition) is 2. The molecule has 0 radical (unpaired) electrons. The highest BCUT2D eigenvalue weighted by Gasteiger charge is 2.07. The summed E-state index contributed by atoms with van der Waals surface area (Å²) in [5.74, 6) is -0.216. The van der Waals surface area contributed by atoms with E-state index in [0.29, 0.717) is 6.54 Å². The van der Waals surface area contributed by atoms with Crippen LogP contribution in [0.4, 0.5) is 4.39 Å². The molecule has 4 aromatic rings. The van der Waals surface area contributed by atoms with Gasteiger partial charge in [-0.05, 0) is 29.8 Å². The van der Waals surface area contributed by atoms with E-state index in [4.69, 9.17) is 0 Å². The molecule has 0 bridgehead atoms. The van der Waals surface area contributed by atoms with Crippen LogP contribution in [0.15, 0.2) is 61.2 Å². The Balaban J connectivity index is 1.74. The molecular formula is C18H15FN4. The predicted octanol–water partition coefficient (Wildman–Crippen LogP) is 3.62. The number of pyridine rings is 1. The Morgan fingerprint density at radius 1 is 1.04 bits per heavy atom. The minimum Gasteiger partial charge on any atom is -0.342 e. The van der Waals surface area contributed by atoms with Crippen molar-refractivity contribution in [1.82, 2.24) is 19.3 Å². The van der Waals surface area contributed by atoms with Crippen LogP contribution in [0.2, 0.25) is 0 Å². The quantitative estimate of drug-likeness (QED) is 0.579. The van der Waals surface area contributed by atoms with Crippen LogP contribution in [-0.2, 0) is 13.6 Å². The minimum absolute atomic E-state index is 0.216. The van der Waals surface area contributed by atoms with Crippen molar-refractivity contribution in [2.45, 2.75) is 6.54 Å². The molecule has 5 heteroatoms. The summed E-state index contributed by atoms with van der Waals surface area (Å²) in [5, 5.41) is 4.21. The van der Waals surface area contributed by atoms with Crippen molar-refractivity contribution < 1.29 is 4.39 Å². The number of fused-ring (bicyclic) bond motifs is 1. The van der Waals surface area contributed by atoms with Crippen LogP contribution >= 0.6 is 0 Å². The lowest BCUT2D eigenvalue weighted by Crippen LogP contribution is -1.98. The third kappa shape index (κ3) is 2.61. The van der Waals surface area contributed by atoms with Crippen molar-refractivity contribution in [2.24, 2.45) is 7.05 Å². The van der Waals surface area contributed by atoms with Gasteiger partial charge in [0.2, 0.25) is 0 Å². The van der Waals surface area contributed by atoms with Crippen LogP contribution < -0.4 is 0 Å². The third-order valence-corrected chi connectivity index (χ3v) is 3.92. The van der Waals surface area contributed by atoms with Crippen molar-refractivity contribution in [3.8, 4) is 11.1 Å². The summed E-state index contributed by atoms with van der Waals surface area (Å²) < 4.78 is 16.9. The molecule has 0 saturated carbocycles. The van der Waals surface area contributed by atoms with Crippen LogP contribution in [-0.4, -0.2) is 19.3 Å². The van der Waals surface area contributed by atoms with Gasteiger partial charge in [0.25, 0.3) is 0 Å². The number of aryl methyl sites for hydroxylation is 1. The van der Waals surface area contributed by atoms with E-state index in [1.165, 1.54) is 12.1 Å². The second-order valence-electron chi connectivity index (χ2n) is 5.60. The second kappa shape index (κ2) is 5.35. The summed E-state index contributed by atoms with van der Waals surface area (Å²) in [4.78, 5) is 4.53. The van der Waals surface area contributed by atoms with E-state index in [1.807, 2.05) is 37.9 Å². The number of halogens is 1. The summed E-state index contributed by atoms with van der Waals surface area (Å²) in [5.41, 5.74) is 5.12. The Morgan fingerprint density at radius 3 is 2.61 bits per heavy atom. The molecule has 1 aromatic carbocycles. The smallest absolute Gasteiger partial charge is 0.123 e. The molecule has 4 rings (SSSR count). The SMILES string of the molecule is Cn1cc(-c2cnc3ccn(Cc4ccc(F)cc4)c3c2)cn1. The maximum absolute atomic E-state index is 13.0. The van der Waals surface area contributed by atoms with Gasteiger partial charge in [0, 0.05) is 43.3 Å². The summed E-state index contributed by atoms with van der Waals surface area (Å²) in [6.45, 7) is 0.682. The molecule has 0 atom stereocenters. The number of hydrogen-bond donors (Lipinski definition) is 0. The molecule has 0 saturated heterocycles. The summed E-state index contributed by atoms with van der Waals surface area (Å²) in [7, 11) is 1.90. The number of nitrogens with zero attached hydrogens (tertiary/aromatic N) is 4. The van der Waals surface area contributed by atoms with E-state index in [0.717, 1.165) is 27.7 Å². The van der Waals surface area contributed by atoms with Gasteiger partial charge < -0.3 is 4.57 Å². The molecule has 4 nitrogen and oxygen atoms in total. The van der Waals surface area contributed by atoms with Gasteiger partial charge in [-0.15, -0.1) is 0 Å². The zero-order valence-electron chi connectivity index (χ0n) is 12.6. The average Bonchev–Trinajstić information content (AvgIpc) is 3.16. The van der Waals surface area contributed by atoms with Crippen LogP contribution in [0.3, 0.4) is 0 Å². The summed E-state index contributed by atoms with van der Waals surface area (Å²) >= 11 is 0. The fraction of sp³-hybridized carbons (Fsp3) is 0.111. The molecule has 0 aliphatic rings. The Kier molecular flexibility index (Phi) is 3.19. The zero-order chi connectivity index (χ0) is 15.8. The van der Waals surface area contributed by atoms with Crippen molar-refractivity contribution in [3.05, 3.63) is 72.6 Å². The first-order valence-corrected chi connectivity index (χ1v) is 7.37. The minimum atomic E-state index is -0.216. The number of rotatable bonds is 3. The molecule has 0 N–H and O–H groups in total. The molecule has 0 spiro atoms.